The molecule has 2 nitrogen and oxygen atoms in total. The maximum Gasteiger partial charge on any atom is 0.0603 e. The van der Waals surface area contributed by atoms with Gasteiger partial charge in [-0.25, -0.2) is 0 Å². The Morgan fingerprint density at radius 2 is 1.92 bits per heavy atom. The fraction of sp³-hybridized carbons (Fsp3) is 1.00. The van der Waals surface area contributed by atoms with Crippen molar-refractivity contribution in [2.45, 2.75) is 37.2 Å². The highest BCUT2D eigenvalue weighted by atomic mass is 35.5. The second kappa shape index (κ2) is 4.63. The van der Waals surface area contributed by atoms with E-state index in [1.807, 2.05) is 0 Å². The molecular weight excluding hydrogens is 188 g/mol. The number of hydrogen-bond acceptors (Lipinski definition) is 2. The van der Waals surface area contributed by atoms with Crippen molar-refractivity contribution in [3.8, 4) is 0 Å². The zero-order valence-electron chi connectivity index (χ0n) is 7.88. The van der Waals surface area contributed by atoms with Crippen LogP contribution >= 0.6 is 11.6 Å². The lowest BCUT2D eigenvalue weighted by atomic mass is 9.94. The Balaban J connectivity index is 1.56. The van der Waals surface area contributed by atoms with E-state index >= 15 is 0 Å². The van der Waals surface area contributed by atoms with E-state index in [-0.39, 0.29) is 0 Å². The molecular formula is C10H17ClO2. The molecule has 76 valence electrons. The van der Waals surface area contributed by atoms with Gasteiger partial charge in [0.05, 0.1) is 6.10 Å². The zero-order valence-corrected chi connectivity index (χ0v) is 8.63. The van der Waals surface area contributed by atoms with Gasteiger partial charge in [-0.1, -0.05) is 0 Å². The van der Waals surface area contributed by atoms with Crippen LogP contribution in [0.1, 0.15) is 25.7 Å². The summed E-state index contributed by atoms with van der Waals surface area (Å²) in [5.41, 5.74) is 0. The highest BCUT2D eigenvalue weighted by Gasteiger charge is 2.28. The lowest BCUT2D eigenvalue weighted by Gasteiger charge is -2.32. The molecule has 0 aromatic carbocycles. The Morgan fingerprint density at radius 3 is 2.54 bits per heavy atom. The largest absolute Gasteiger partial charge is 0.381 e. The maximum absolute atomic E-state index is 5.87. The first kappa shape index (κ1) is 9.75. The molecule has 0 aromatic rings. The average Bonchev–Trinajstić information content (AvgIpc) is 2.12. The van der Waals surface area contributed by atoms with E-state index in [9.17, 15) is 0 Å². The normalized spacial score (nSPS) is 35.8. The lowest BCUT2D eigenvalue weighted by molar-refractivity contribution is -0.0374. The second-order valence-corrected chi connectivity index (χ2v) is 4.70. The standard InChI is InChI=1S/C10H17ClO2/c11-9-5-10(6-9)13-7-8-1-3-12-4-2-8/h8-10H,1-7H2. The smallest absolute Gasteiger partial charge is 0.0603 e. The molecule has 0 spiro atoms. The molecule has 0 atom stereocenters. The highest BCUT2D eigenvalue weighted by molar-refractivity contribution is 6.21. The van der Waals surface area contributed by atoms with Crippen molar-refractivity contribution in [1.82, 2.24) is 0 Å². The monoisotopic (exact) mass is 204 g/mol. The molecule has 0 amide bonds. The Hall–Kier alpha value is 0.210. The molecule has 1 aliphatic heterocycles. The van der Waals surface area contributed by atoms with E-state index in [1.165, 1.54) is 0 Å². The molecule has 1 heterocycles. The van der Waals surface area contributed by atoms with Gasteiger partial charge in [-0.3, -0.25) is 0 Å². The summed E-state index contributed by atoms with van der Waals surface area (Å²) in [7, 11) is 0. The molecule has 1 aliphatic carbocycles. The van der Waals surface area contributed by atoms with Crippen molar-refractivity contribution < 1.29 is 9.47 Å². The van der Waals surface area contributed by atoms with Crippen LogP contribution in [0.15, 0.2) is 0 Å². The van der Waals surface area contributed by atoms with Gasteiger partial charge in [-0.05, 0) is 31.6 Å². The van der Waals surface area contributed by atoms with Gasteiger partial charge in [0.15, 0.2) is 0 Å². The first-order valence-electron chi connectivity index (χ1n) is 5.18. The fourth-order valence-electron chi connectivity index (χ4n) is 1.82. The molecule has 0 unspecified atom stereocenters. The molecule has 2 aliphatic rings. The molecule has 13 heavy (non-hydrogen) atoms. The summed E-state index contributed by atoms with van der Waals surface area (Å²) >= 11 is 5.87. The minimum Gasteiger partial charge on any atom is -0.381 e. The van der Waals surface area contributed by atoms with Gasteiger partial charge < -0.3 is 9.47 Å². The predicted octanol–water partition coefficient (Wildman–Crippen LogP) is 2.20. The first-order valence-corrected chi connectivity index (χ1v) is 5.61. The molecule has 0 N–H and O–H groups in total. The Bertz CT molecular complexity index is 151. The summed E-state index contributed by atoms with van der Waals surface area (Å²) in [4.78, 5) is 0. The van der Waals surface area contributed by atoms with Gasteiger partial charge in [0.2, 0.25) is 0 Å². The number of rotatable bonds is 3. The summed E-state index contributed by atoms with van der Waals surface area (Å²) in [5.74, 6) is 0.725. The summed E-state index contributed by atoms with van der Waals surface area (Å²) in [6, 6.07) is 0. The predicted molar refractivity (Wildman–Crippen MR) is 52.2 cm³/mol. The van der Waals surface area contributed by atoms with Gasteiger partial charge in [-0.2, -0.15) is 0 Å². The third-order valence-electron chi connectivity index (χ3n) is 2.95. The van der Waals surface area contributed by atoms with Crippen molar-refractivity contribution in [2.24, 2.45) is 5.92 Å². The van der Waals surface area contributed by atoms with E-state index in [2.05, 4.69) is 0 Å². The van der Waals surface area contributed by atoms with Crippen LogP contribution in [0, 0.1) is 5.92 Å². The molecule has 3 heteroatoms. The zero-order chi connectivity index (χ0) is 9.10. The van der Waals surface area contributed by atoms with E-state index in [0.717, 1.165) is 51.4 Å². The molecule has 2 rings (SSSR count). The van der Waals surface area contributed by atoms with Gasteiger partial charge in [0, 0.05) is 25.2 Å². The van der Waals surface area contributed by atoms with Crippen LogP contribution in [-0.4, -0.2) is 31.3 Å². The fourth-order valence-corrected chi connectivity index (χ4v) is 2.22. The van der Waals surface area contributed by atoms with E-state index < -0.39 is 0 Å². The molecule has 1 saturated heterocycles. The Kier molecular flexibility index (Phi) is 3.47. The minimum absolute atomic E-state index is 0.375. The number of halogens is 1. The maximum atomic E-state index is 5.87. The summed E-state index contributed by atoms with van der Waals surface area (Å²) in [6.45, 7) is 2.74. The summed E-state index contributed by atoms with van der Waals surface area (Å²) < 4.78 is 11.0. The van der Waals surface area contributed by atoms with E-state index in [4.69, 9.17) is 21.1 Å². The van der Waals surface area contributed by atoms with Crippen LogP contribution in [0.25, 0.3) is 0 Å². The first-order chi connectivity index (χ1) is 6.34. The van der Waals surface area contributed by atoms with Gasteiger partial charge in [-0.15, -0.1) is 11.6 Å². The quantitative estimate of drug-likeness (QED) is 0.657. The van der Waals surface area contributed by atoms with Crippen LogP contribution in [0.5, 0.6) is 0 Å². The topological polar surface area (TPSA) is 18.5 Å². The van der Waals surface area contributed by atoms with Crippen LogP contribution in [0.4, 0.5) is 0 Å². The molecule has 0 bridgehead atoms. The third kappa shape index (κ3) is 2.83. The van der Waals surface area contributed by atoms with Crippen molar-refractivity contribution in [3.63, 3.8) is 0 Å². The molecule has 2 fully saturated rings. The molecule has 0 aromatic heterocycles. The number of alkyl halides is 1. The number of ether oxygens (including phenoxy) is 2. The average molecular weight is 205 g/mol. The van der Waals surface area contributed by atoms with Gasteiger partial charge in [0.25, 0.3) is 0 Å². The van der Waals surface area contributed by atoms with Crippen LogP contribution in [0.3, 0.4) is 0 Å². The van der Waals surface area contributed by atoms with Crippen molar-refractivity contribution in [2.75, 3.05) is 19.8 Å². The molecule has 0 radical (unpaired) electrons. The molecule has 1 saturated carbocycles. The van der Waals surface area contributed by atoms with Gasteiger partial charge >= 0.3 is 0 Å². The minimum atomic E-state index is 0.375. The Labute approximate surface area is 84.5 Å². The van der Waals surface area contributed by atoms with Crippen molar-refractivity contribution >= 4 is 11.6 Å². The third-order valence-corrected chi connectivity index (χ3v) is 3.30. The SMILES string of the molecule is ClC1CC(OCC2CCOCC2)C1. The highest BCUT2D eigenvalue weighted by Crippen LogP contribution is 2.29. The van der Waals surface area contributed by atoms with E-state index in [0.29, 0.717) is 11.5 Å². The van der Waals surface area contributed by atoms with Crippen molar-refractivity contribution in [1.29, 1.82) is 0 Å². The summed E-state index contributed by atoms with van der Waals surface area (Å²) in [6.07, 6.45) is 4.87. The van der Waals surface area contributed by atoms with Crippen LogP contribution in [-0.2, 0) is 9.47 Å². The van der Waals surface area contributed by atoms with Crippen LogP contribution in [0.2, 0.25) is 0 Å². The summed E-state index contributed by atoms with van der Waals surface area (Å²) in [5, 5.41) is 0.375. The lowest BCUT2D eigenvalue weighted by Crippen LogP contribution is -2.34. The Morgan fingerprint density at radius 1 is 1.23 bits per heavy atom. The van der Waals surface area contributed by atoms with Crippen LogP contribution < -0.4 is 0 Å². The van der Waals surface area contributed by atoms with Crippen molar-refractivity contribution in [3.05, 3.63) is 0 Å². The van der Waals surface area contributed by atoms with E-state index in [1.54, 1.807) is 0 Å². The second-order valence-electron chi connectivity index (χ2n) is 4.08. The number of hydrogen-bond donors (Lipinski definition) is 0. The van der Waals surface area contributed by atoms with Gasteiger partial charge in [0.1, 0.15) is 0 Å².